The molecule has 0 bridgehead atoms. The molecule has 6 heterocycles. The Balaban J connectivity index is 0.000000514. The van der Waals surface area contributed by atoms with Gasteiger partial charge in [-0.25, -0.2) is 0 Å². The second kappa shape index (κ2) is 61.0. The Morgan fingerprint density at radius 3 is 1.00 bits per heavy atom. The monoisotopic (exact) mass is 1910 g/mol. The molecule has 131 heavy (non-hydrogen) atoms. The van der Waals surface area contributed by atoms with Crippen LogP contribution in [-0.4, -0.2) is 33.2 Å². The maximum absolute atomic E-state index is 11.3. The minimum atomic E-state index is -0.446. The molecule has 0 unspecified atom stereocenters. The van der Waals surface area contributed by atoms with E-state index in [1.54, 1.807) is 36.4 Å². The van der Waals surface area contributed by atoms with Crippen LogP contribution < -0.4 is 21.4 Å². The van der Waals surface area contributed by atoms with Gasteiger partial charge in [0.15, 0.2) is 0 Å². The number of nitro groups is 2. The molecule has 0 atom stereocenters. The lowest BCUT2D eigenvalue weighted by molar-refractivity contribution is -0.385. The maximum atomic E-state index is 11.3. The van der Waals surface area contributed by atoms with Crippen LogP contribution in [0.15, 0.2) is 354 Å². The summed E-state index contributed by atoms with van der Waals surface area (Å²) in [6.07, 6.45) is 0. The second-order valence-electron chi connectivity index (χ2n) is 26.4. The topological polar surface area (TPSA) is 173 Å². The standard InChI is InChI=1S/C18H19BO3.C18H11NO3.C18H11NO.C18H15P.C12H7BrO.C6H4BrNO2.11C2H6.2CH4/c1-17(2)18(3,4)22-19(21-17)14-10-7-9-13-12-8-5-6-11-15(12)20-16(13)14;20-19(21)16-10-3-1-6-12(16)14-8-5-9-15-13-7-2-4-11-17(13)22-18(14)15;1-3-7-14-13(6-1)17-15(19-14)10-9-12-11-5-2-4-8-16(11)20-18(12)17;1-4-10-16(11-5-1)19(17-12-6-2-7-13-17)18-14-8-3-9-15-18;13-10-6-3-5-9-8-4-1-2-7-11(8)14-12(9)10;7-5-3-1-2-4-6(5)8(9)10;11*1-2;;/h5-11H,1-4H3;1-11H;1-10,19H;1-15H;1-7H;1-4H;11*1-2H3;2*1H4. The average molecular weight is 1910 g/mol. The number of hydrogen-bond acceptors (Lipinski definition) is 10. The third-order valence-corrected chi connectivity index (χ3v) is 22.9. The van der Waals surface area contributed by atoms with E-state index >= 15 is 0 Å². The highest BCUT2D eigenvalue weighted by atomic mass is 79.9. The molecule has 694 valence electrons. The van der Waals surface area contributed by atoms with Crippen LogP contribution >= 0.6 is 39.8 Å². The lowest BCUT2D eigenvalue weighted by Crippen LogP contribution is -2.41. The van der Waals surface area contributed by atoms with Crippen LogP contribution in [0.4, 0.5) is 11.4 Å². The number of nitrogens with one attached hydrogen (secondary N) is 1. The molecular formula is C114H141BBr2N3O10P. The van der Waals surface area contributed by atoms with Gasteiger partial charge >= 0.3 is 7.12 Å². The quantitative estimate of drug-likeness (QED) is 0.0700. The van der Waals surface area contributed by atoms with Crippen molar-refractivity contribution in [2.45, 2.75) is 206 Å². The van der Waals surface area contributed by atoms with Gasteiger partial charge in [-0.2, -0.15) is 0 Å². The Labute approximate surface area is 799 Å². The summed E-state index contributed by atoms with van der Waals surface area (Å²) >= 11 is 6.54. The fourth-order valence-electron chi connectivity index (χ4n) is 13.4. The van der Waals surface area contributed by atoms with Crippen LogP contribution in [0.5, 0.6) is 0 Å². The van der Waals surface area contributed by atoms with Crippen molar-refractivity contribution < 1.29 is 36.8 Å². The third kappa shape index (κ3) is 28.9. The summed E-state index contributed by atoms with van der Waals surface area (Å²) < 4.78 is 37.7. The van der Waals surface area contributed by atoms with Crippen molar-refractivity contribution in [3.63, 3.8) is 0 Å². The van der Waals surface area contributed by atoms with E-state index in [9.17, 15) is 20.2 Å². The molecule has 14 aromatic carbocycles. The first kappa shape index (κ1) is 115. The Morgan fingerprint density at radius 2 is 0.580 bits per heavy atom. The van der Waals surface area contributed by atoms with Gasteiger partial charge in [0, 0.05) is 77.2 Å². The predicted molar refractivity (Wildman–Crippen MR) is 584 cm³/mol. The number of nitro benzene ring substituents is 2. The van der Waals surface area contributed by atoms with Crippen LogP contribution in [-0.2, 0) is 9.31 Å². The number of aromatic nitrogens is 1. The minimum Gasteiger partial charge on any atom is -0.456 e. The van der Waals surface area contributed by atoms with Crippen LogP contribution in [0.3, 0.4) is 0 Å². The smallest absolute Gasteiger partial charge is 0.456 e. The van der Waals surface area contributed by atoms with E-state index in [1.807, 2.05) is 274 Å². The van der Waals surface area contributed by atoms with E-state index in [0.29, 0.717) is 15.6 Å². The van der Waals surface area contributed by atoms with Gasteiger partial charge in [-0.15, -0.1) is 0 Å². The van der Waals surface area contributed by atoms with Gasteiger partial charge in [-0.05, 0) is 144 Å². The van der Waals surface area contributed by atoms with Crippen molar-refractivity contribution >= 4 is 189 Å². The lowest BCUT2D eigenvalue weighted by Gasteiger charge is -2.32. The van der Waals surface area contributed by atoms with Crippen molar-refractivity contribution in [1.82, 2.24) is 4.98 Å². The van der Waals surface area contributed by atoms with Crippen molar-refractivity contribution in [2.75, 3.05) is 0 Å². The molecule has 17 heteroatoms. The van der Waals surface area contributed by atoms with Crippen LogP contribution in [0.25, 0.3) is 121 Å². The van der Waals surface area contributed by atoms with Gasteiger partial charge in [-0.3, -0.25) is 20.2 Å². The molecule has 13 nitrogen and oxygen atoms in total. The summed E-state index contributed by atoms with van der Waals surface area (Å²) in [7, 11) is -0.854. The fraction of sp³-hybridized carbons (Fsp3) is 0.263. The zero-order chi connectivity index (χ0) is 95.8. The fourth-order valence-corrected chi connectivity index (χ4v) is 16.5. The van der Waals surface area contributed by atoms with E-state index < -0.39 is 20.0 Å². The predicted octanol–water partition coefficient (Wildman–Crippen LogP) is 37.0. The highest BCUT2D eigenvalue weighted by Crippen LogP contribution is 2.43. The SMILES string of the molecule is Brc1cccc2c1oc1ccccc12.C.C.CC.CC.CC.CC.CC.CC.CC.CC.CC.CC.CC.CC1(C)OB(c2cccc3c2oc2ccccc23)OC1(C)C.O=[N+]([O-])c1ccccc1-c1cccc2c1oc1ccccc12.O=[N+]([O-])c1ccccc1Br.c1ccc(P(c2ccccc2)c2ccccc2)cc1.c1ccc2c(c1)[nH]c1ccc3c4ccccc4oc3c12. The molecule has 19 aromatic rings. The third-order valence-electron chi connectivity index (χ3n) is 19.2. The van der Waals surface area contributed by atoms with Gasteiger partial charge < -0.3 is 32.0 Å². The Kier molecular flexibility index (Phi) is 53.7. The molecule has 1 N–H and O–H groups in total. The van der Waals surface area contributed by atoms with Crippen LogP contribution in [0, 0.1) is 20.2 Å². The Morgan fingerprint density at radius 1 is 0.282 bits per heavy atom. The van der Waals surface area contributed by atoms with Crippen molar-refractivity contribution in [1.29, 1.82) is 0 Å². The number of furan rings is 4. The maximum Gasteiger partial charge on any atom is 0.498 e. The van der Waals surface area contributed by atoms with E-state index in [4.69, 9.17) is 27.0 Å². The number of hydrogen-bond donors (Lipinski definition) is 1. The molecule has 5 aromatic heterocycles. The van der Waals surface area contributed by atoms with Crippen molar-refractivity contribution in [3.8, 4) is 11.1 Å². The van der Waals surface area contributed by atoms with E-state index in [0.717, 1.165) is 92.5 Å². The number of aromatic amines is 1. The molecule has 1 aliphatic rings. The number of halogens is 2. The Bertz CT molecular complexity index is 6330. The second-order valence-corrected chi connectivity index (χ2v) is 30.3. The molecule has 1 saturated heterocycles. The molecule has 0 saturated carbocycles. The number of para-hydroxylation sites is 10. The molecule has 0 aliphatic carbocycles. The summed E-state index contributed by atoms with van der Waals surface area (Å²) in [6.45, 7) is 52.2. The molecule has 1 fully saturated rings. The van der Waals surface area contributed by atoms with Gasteiger partial charge in [0.25, 0.3) is 11.4 Å². The summed E-state index contributed by atoms with van der Waals surface area (Å²) in [6, 6.07) is 108. The zero-order valence-electron chi connectivity index (χ0n) is 80.4. The molecule has 0 amide bonds. The molecule has 1 aliphatic heterocycles. The minimum absolute atomic E-state index is 0. The summed E-state index contributed by atoms with van der Waals surface area (Å²) in [5, 5.41) is 36.9. The highest BCUT2D eigenvalue weighted by molar-refractivity contribution is 9.11. The molecule has 20 rings (SSSR count). The van der Waals surface area contributed by atoms with E-state index in [1.165, 1.54) is 55.0 Å². The first-order chi connectivity index (χ1) is 63.1. The highest BCUT2D eigenvalue weighted by Gasteiger charge is 2.52. The molecule has 0 radical (unpaired) electrons. The zero-order valence-corrected chi connectivity index (χ0v) is 84.5. The lowest BCUT2D eigenvalue weighted by atomic mass is 9.78. The van der Waals surface area contributed by atoms with E-state index in [2.05, 4.69) is 222 Å². The number of fused-ring (bicyclic) bond motifs is 16. The van der Waals surface area contributed by atoms with Gasteiger partial charge in [0.2, 0.25) is 0 Å². The first-order valence-corrected chi connectivity index (χ1v) is 48.6. The van der Waals surface area contributed by atoms with Crippen LogP contribution in [0.2, 0.25) is 0 Å². The van der Waals surface area contributed by atoms with Crippen LogP contribution in [0.1, 0.15) is 195 Å². The Hall–Kier alpha value is -11.7. The van der Waals surface area contributed by atoms with Gasteiger partial charge in [-0.1, -0.05) is 422 Å². The summed E-state index contributed by atoms with van der Waals surface area (Å²) in [5.41, 5.74) is 11.0. The summed E-state index contributed by atoms with van der Waals surface area (Å²) in [5.74, 6) is 0. The van der Waals surface area contributed by atoms with Gasteiger partial charge in [0.1, 0.15) is 44.7 Å². The number of rotatable bonds is 7. The van der Waals surface area contributed by atoms with Gasteiger partial charge in [0.05, 0.1) is 46.5 Å². The number of H-pyrrole nitrogens is 1. The molecular weight excluding hydrogens is 1770 g/mol. The first-order valence-electron chi connectivity index (χ1n) is 45.7. The largest absolute Gasteiger partial charge is 0.498 e. The normalized spacial score (nSPS) is 11.0. The number of nitrogens with zero attached hydrogens (tertiary/aromatic N) is 2. The van der Waals surface area contributed by atoms with E-state index in [-0.39, 0.29) is 42.4 Å². The number of benzene rings is 14. The van der Waals surface area contributed by atoms with Crippen molar-refractivity contribution in [3.05, 3.63) is 357 Å². The molecule has 0 spiro atoms. The van der Waals surface area contributed by atoms with Crippen molar-refractivity contribution in [2.24, 2.45) is 0 Å². The average Bonchev–Trinajstić information content (AvgIpc) is 1.59. The summed E-state index contributed by atoms with van der Waals surface area (Å²) in [4.78, 5) is 24.1.